The van der Waals surface area contributed by atoms with Crippen molar-refractivity contribution in [2.75, 3.05) is 6.61 Å². The summed E-state index contributed by atoms with van der Waals surface area (Å²) in [5.41, 5.74) is 5.90. The highest BCUT2D eigenvalue weighted by molar-refractivity contribution is 7.86. The molecular formula is C43H46O8S. The Morgan fingerprint density at radius 2 is 0.942 bits per heavy atom. The van der Waals surface area contributed by atoms with Gasteiger partial charge in [-0.05, 0) is 54.2 Å². The van der Waals surface area contributed by atoms with Crippen LogP contribution in [0.15, 0.2) is 138 Å². The van der Waals surface area contributed by atoms with E-state index in [0.717, 1.165) is 27.8 Å². The molecule has 5 atom stereocenters. The van der Waals surface area contributed by atoms with Crippen LogP contribution in [0.3, 0.4) is 0 Å². The molecule has 9 heteroatoms. The smallest absolute Gasteiger partial charge is 0.300 e. The minimum absolute atomic E-state index is 0.0768. The quantitative estimate of drug-likeness (QED) is 0.0947. The molecule has 52 heavy (non-hydrogen) atoms. The first-order valence-corrected chi connectivity index (χ1v) is 18.9. The van der Waals surface area contributed by atoms with Crippen LogP contribution in [-0.4, -0.2) is 45.7 Å². The Labute approximate surface area is 307 Å². The van der Waals surface area contributed by atoms with Gasteiger partial charge < -0.3 is 23.7 Å². The molecule has 1 saturated heterocycles. The summed E-state index contributed by atoms with van der Waals surface area (Å²) in [6, 6.07) is 42.7. The number of hydrogen-bond acceptors (Lipinski definition) is 8. The monoisotopic (exact) mass is 722 g/mol. The summed E-state index contributed by atoms with van der Waals surface area (Å²) >= 11 is 0. The van der Waals surface area contributed by atoms with Crippen LogP contribution in [0.1, 0.15) is 38.9 Å². The van der Waals surface area contributed by atoms with Gasteiger partial charge in [0.25, 0.3) is 10.1 Å². The number of hydrogen-bond donors (Lipinski definition) is 0. The van der Waals surface area contributed by atoms with Gasteiger partial charge in [-0.2, -0.15) is 8.42 Å². The molecule has 6 rings (SSSR count). The molecule has 5 aromatic carbocycles. The van der Waals surface area contributed by atoms with Crippen molar-refractivity contribution in [1.82, 2.24) is 0 Å². The Hall–Kier alpha value is -4.19. The van der Waals surface area contributed by atoms with Crippen molar-refractivity contribution in [3.05, 3.63) is 172 Å². The van der Waals surface area contributed by atoms with Crippen LogP contribution in [0.25, 0.3) is 0 Å². The van der Waals surface area contributed by atoms with Gasteiger partial charge >= 0.3 is 0 Å². The van der Waals surface area contributed by atoms with Crippen LogP contribution in [0.5, 0.6) is 0 Å². The fraction of sp³-hybridized carbons (Fsp3) is 0.302. The minimum atomic E-state index is -4.35. The van der Waals surface area contributed by atoms with Gasteiger partial charge in [-0.25, -0.2) is 4.18 Å². The first kappa shape index (κ1) is 37.6. The zero-order valence-electron chi connectivity index (χ0n) is 29.8. The zero-order chi connectivity index (χ0) is 36.3. The summed E-state index contributed by atoms with van der Waals surface area (Å²) in [7, 11) is -4.35. The van der Waals surface area contributed by atoms with Gasteiger partial charge in [-0.3, -0.25) is 0 Å². The number of benzene rings is 5. The molecule has 0 aromatic heterocycles. The summed E-state index contributed by atoms with van der Waals surface area (Å²) in [6.07, 6.45) is -4.75. The predicted octanol–water partition coefficient (Wildman–Crippen LogP) is 8.02. The average molecular weight is 723 g/mol. The number of aryl methyl sites for hydroxylation is 3. The highest BCUT2D eigenvalue weighted by Crippen LogP contribution is 2.34. The summed E-state index contributed by atoms with van der Waals surface area (Å²) in [5.74, 6) is 0. The van der Waals surface area contributed by atoms with Crippen molar-refractivity contribution in [3.8, 4) is 0 Å². The van der Waals surface area contributed by atoms with Crippen molar-refractivity contribution in [1.29, 1.82) is 0 Å². The van der Waals surface area contributed by atoms with Crippen LogP contribution in [-0.2, 0) is 64.4 Å². The van der Waals surface area contributed by atoms with Gasteiger partial charge in [0.1, 0.15) is 29.3 Å². The summed E-state index contributed by atoms with van der Waals surface area (Å²) in [4.78, 5) is 0.101. The molecular weight excluding hydrogens is 677 g/mol. The fourth-order valence-corrected chi connectivity index (χ4v) is 7.97. The highest BCUT2D eigenvalue weighted by Gasteiger charge is 2.51. The maximum atomic E-state index is 14.2. The van der Waals surface area contributed by atoms with Gasteiger partial charge in [0.05, 0.1) is 33.0 Å². The lowest BCUT2D eigenvalue weighted by atomic mass is 9.98. The topological polar surface area (TPSA) is 89.5 Å². The third-order valence-electron chi connectivity index (χ3n) is 8.92. The van der Waals surface area contributed by atoms with E-state index in [-0.39, 0.29) is 31.3 Å². The second-order valence-electron chi connectivity index (χ2n) is 13.1. The Balaban J connectivity index is 1.37. The number of rotatable bonds is 16. The molecule has 0 unspecified atom stereocenters. The van der Waals surface area contributed by atoms with E-state index in [1.165, 1.54) is 0 Å². The molecule has 0 radical (unpaired) electrons. The third kappa shape index (κ3) is 10.0. The summed E-state index contributed by atoms with van der Waals surface area (Å²) < 4.78 is 67.3. The van der Waals surface area contributed by atoms with Gasteiger partial charge in [0.2, 0.25) is 6.29 Å². The van der Waals surface area contributed by atoms with Crippen LogP contribution < -0.4 is 0 Å². The standard InChI is InChI=1S/C43H46O8S/c1-31-24-32(2)42(33(3)25-31)52(44,45)51-43-41(49-29-37-22-14-7-15-23-37)40(48-28-36-20-12-6-13-21-36)39(47-27-35-18-10-5-11-19-35)38(50-43)30-46-26-34-16-8-4-9-17-34/h4-25,38-41,43H,26-30H2,1-3H3/t38-,39-,40+,41-,43-/m1/s1. The molecule has 0 aliphatic carbocycles. The fourth-order valence-electron chi connectivity index (χ4n) is 6.56. The normalized spacial score (nSPS) is 20.5. The zero-order valence-corrected chi connectivity index (χ0v) is 30.6. The third-order valence-corrected chi connectivity index (χ3v) is 10.5. The molecule has 0 spiro atoms. The molecule has 0 saturated carbocycles. The lowest BCUT2D eigenvalue weighted by molar-refractivity contribution is -0.309. The molecule has 1 aliphatic rings. The molecule has 1 fully saturated rings. The van der Waals surface area contributed by atoms with Crippen LogP contribution in [0.4, 0.5) is 0 Å². The van der Waals surface area contributed by atoms with Gasteiger partial charge in [0, 0.05) is 0 Å². The van der Waals surface area contributed by atoms with E-state index in [1.54, 1.807) is 13.8 Å². The Morgan fingerprint density at radius 3 is 1.40 bits per heavy atom. The average Bonchev–Trinajstić information content (AvgIpc) is 3.14. The van der Waals surface area contributed by atoms with Crippen molar-refractivity contribution < 1.29 is 36.3 Å². The lowest BCUT2D eigenvalue weighted by Crippen LogP contribution is -2.62. The molecule has 8 nitrogen and oxygen atoms in total. The molecule has 5 aromatic rings. The molecule has 1 heterocycles. The van der Waals surface area contributed by atoms with E-state index in [9.17, 15) is 8.42 Å². The van der Waals surface area contributed by atoms with E-state index in [0.29, 0.717) is 17.7 Å². The first-order chi connectivity index (χ1) is 25.3. The Bertz CT molecular complexity index is 1920. The van der Waals surface area contributed by atoms with Gasteiger partial charge in [0.15, 0.2) is 0 Å². The van der Waals surface area contributed by atoms with Gasteiger partial charge in [-0.1, -0.05) is 139 Å². The largest absolute Gasteiger partial charge is 0.374 e. The molecule has 0 amide bonds. The van der Waals surface area contributed by atoms with E-state index < -0.39 is 40.8 Å². The minimum Gasteiger partial charge on any atom is -0.374 e. The molecule has 272 valence electrons. The van der Waals surface area contributed by atoms with Crippen LogP contribution in [0.2, 0.25) is 0 Å². The molecule has 1 aliphatic heterocycles. The summed E-state index contributed by atoms with van der Waals surface area (Å²) in [6.45, 7) is 6.49. The van der Waals surface area contributed by atoms with Crippen molar-refractivity contribution in [2.24, 2.45) is 0 Å². The predicted molar refractivity (Wildman–Crippen MR) is 199 cm³/mol. The SMILES string of the molecule is Cc1cc(C)c(S(=O)(=O)O[C@H]2O[C@H](COCc3ccccc3)[C@@H](OCc3ccccc3)[C@H](OCc3ccccc3)[C@H]2OCc2ccccc2)c(C)c1. The maximum Gasteiger partial charge on any atom is 0.300 e. The van der Waals surface area contributed by atoms with Crippen molar-refractivity contribution in [2.45, 2.75) is 82.8 Å². The number of ether oxygens (including phenoxy) is 5. The van der Waals surface area contributed by atoms with Crippen LogP contribution in [0, 0.1) is 20.8 Å². The van der Waals surface area contributed by atoms with E-state index in [1.807, 2.05) is 140 Å². The molecule has 0 bridgehead atoms. The lowest BCUT2D eigenvalue weighted by Gasteiger charge is -2.45. The van der Waals surface area contributed by atoms with Gasteiger partial charge in [-0.15, -0.1) is 0 Å². The second-order valence-corrected chi connectivity index (χ2v) is 14.6. The highest BCUT2D eigenvalue weighted by atomic mass is 32.2. The van der Waals surface area contributed by atoms with Crippen molar-refractivity contribution >= 4 is 10.1 Å². The Kier molecular flexibility index (Phi) is 13.0. The van der Waals surface area contributed by atoms with Crippen LogP contribution >= 0.6 is 0 Å². The first-order valence-electron chi connectivity index (χ1n) is 17.5. The maximum absolute atomic E-state index is 14.2. The summed E-state index contributed by atoms with van der Waals surface area (Å²) in [5, 5.41) is 0. The van der Waals surface area contributed by atoms with E-state index in [4.69, 9.17) is 27.9 Å². The Morgan fingerprint density at radius 1 is 0.538 bits per heavy atom. The van der Waals surface area contributed by atoms with E-state index in [2.05, 4.69) is 0 Å². The van der Waals surface area contributed by atoms with Crippen molar-refractivity contribution in [3.63, 3.8) is 0 Å². The second kappa shape index (κ2) is 18.0. The molecule has 0 N–H and O–H groups in total. The van der Waals surface area contributed by atoms with E-state index >= 15 is 0 Å².